The van der Waals surface area contributed by atoms with Crippen LogP contribution in [0.1, 0.15) is 36.5 Å². The number of hydrogen-bond acceptors (Lipinski definition) is 3. The van der Waals surface area contributed by atoms with Crippen LogP contribution in [0.25, 0.3) is 0 Å². The third kappa shape index (κ3) is 3.94. The molecule has 1 amide bonds. The lowest BCUT2D eigenvalue weighted by Gasteiger charge is -2.32. The molecule has 26 heavy (non-hydrogen) atoms. The Kier molecular flexibility index (Phi) is 5.38. The summed E-state index contributed by atoms with van der Waals surface area (Å²) < 4.78 is 40.3. The molecule has 2 aromatic carbocycles. The van der Waals surface area contributed by atoms with Gasteiger partial charge in [-0.1, -0.05) is 12.5 Å². The van der Waals surface area contributed by atoms with Crippen molar-refractivity contribution in [1.82, 2.24) is 4.31 Å². The Morgan fingerprint density at radius 3 is 2.54 bits per heavy atom. The van der Waals surface area contributed by atoms with Crippen molar-refractivity contribution in [3.8, 4) is 0 Å². The van der Waals surface area contributed by atoms with Crippen molar-refractivity contribution >= 4 is 21.6 Å². The van der Waals surface area contributed by atoms with E-state index in [1.54, 1.807) is 6.07 Å². The van der Waals surface area contributed by atoms with Gasteiger partial charge < -0.3 is 5.32 Å². The predicted octanol–water partition coefficient (Wildman–Crippen LogP) is 3.64. The summed E-state index contributed by atoms with van der Waals surface area (Å²) in [5.41, 5.74) is 0.647. The fourth-order valence-electron chi connectivity index (χ4n) is 3.11. The number of piperidine rings is 1. The molecule has 1 aliphatic heterocycles. The van der Waals surface area contributed by atoms with Gasteiger partial charge in [0.05, 0.1) is 4.90 Å². The van der Waals surface area contributed by atoms with Gasteiger partial charge in [0.1, 0.15) is 5.82 Å². The summed E-state index contributed by atoms with van der Waals surface area (Å²) >= 11 is 0. The van der Waals surface area contributed by atoms with Crippen LogP contribution in [0.3, 0.4) is 0 Å². The molecular weight excluding hydrogens is 355 g/mol. The van der Waals surface area contributed by atoms with Gasteiger partial charge in [0, 0.05) is 23.8 Å². The lowest BCUT2D eigenvalue weighted by molar-refractivity contribution is 0.102. The first kappa shape index (κ1) is 18.5. The van der Waals surface area contributed by atoms with Crippen molar-refractivity contribution in [2.24, 2.45) is 0 Å². The molecule has 1 heterocycles. The molecule has 0 aliphatic carbocycles. The monoisotopic (exact) mass is 376 g/mol. The number of carbonyl (C=O) groups is 1. The third-order valence-corrected chi connectivity index (χ3v) is 6.58. The molecule has 7 heteroatoms. The molecule has 0 saturated carbocycles. The van der Waals surface area contributed by atoms with Crippen molar-refractivity contribution < 1.29 is 17.6 Å². The minimum absolute atomic E-state index is 0.0234. The fourth-order valence-corrected chi connectivity index (χ4v) is 4.81. The van der Waals surface area contributed by atoms with Gasteiger partial charge in [0.2, 0.25) is 10.0 Å². The average Bonchev–Trinajstić information content (AvgIpc) is 2.62. The highest BCUT2D eigenvalue weighted by molar-refractivity contribution is 7.89. The highest BCUT2D eigenvalue weighted by atomic mass is 32.2. The van der Waals surface area contributed by atoms with Crippen LogP contribution in [0.2, 0.25) is 0 Å². The van der Waals surface area contributed by atoms with Crippen LogP contribution < -0.4 is 5.32 Å². The summed E-state index contributed by atoms with van der Waals surface area (Å²) in [6.07, 6.45) is 2.75. The number of amides is 1. The molecular formula is C19H21FN2O3S. The number of hydrogen-bond donors (Lipinski definition) is 1. The van der Waals surface area contributed by atoms with Crippen LogP contribution in [-0.4, -0.2) is 31.2 Å². The van der Waals surface area contributed by atoms with Crippen LogP contribution in [-0.2, 0) is 10.0 Å². The van der Waals surface area contributed by atoms with E-state index in [2.05, 4.69) is 5.32 Å². The van der Waals surface area contributed by atoms with Crippen molar-refractivity contribution in [2.75, 3.05) is 11.9 Å². The van der Waals surface area contributed by atoms with E-state index in [9.17, 15) is 17.6 Å². The van der Waals surface area contributed by atoms with Gasteiger partial charge in [-0.2, -0.15) is 4.31 Å². The number of anilines is 1. The first-order valence-electron chi connectivity index (χ1n) is 8.57. The molecule has 0 bridgehead atoms. The molecule has 1 fully saturated rings. The predicted molar refractivity (Wildman–Crippen MR) is 98.0 cm³/mol. The van der Waals surface area contributed by atoms with Crippen LogP contribution in [0.4, 0.5) is 10.1 Å². The van der Waals surface area contributed by atoms with E-state index in [1.165, 1.54) is 46.8 Å². The molecule has 1 atom stereocenters. The Balaban J connectivity index is 1.76. The first-order chi connectivity index (χ1) is 12.4. The van der Waals surface area contributed by atoms with Crippen LogP contribution in [0, 0.1) is 5.82 Å². The van der Waals surface area contributed by atoms with Crippen molar-refractivity contribution in [1.29, 1.82) is 0 Å². The molecule has 1 N–H and O–H groups in total. The lowest BCUT2D eigenvalue weighted by Crippen LogP contribution is -2.41. The van der Waals surface area contributed by atoms with Gasteiger partial charge in [-0.15, -0.1) is 0 Å². The molecule has 0 radical (unpaired) electrons. The van der Waals surface area contributed by atoms with Crippen LogP contribution in [0.5, 0.6) is 0 Å². The number of sulfonamides is 1. The highest BCUT2D eigenvalue weighted by Crippen LogP contribution is 2.25. The van der Waals surface area contributed by atoms with E-state index in [0.29, 0.717) is 17.8 Å². The molecule has 1 aliphatic rings. The first-order valence-corrected chi connectivity index (χ1v) is 10.0. The maximum absolute atomic E-state index is 13.2. The maximum Gasteiger partial charge on any atom is 0.255 e. The van der Waals surface area contributed by atoms with Gasteiger partial charge in [-0.25, -0.2) is 12.8 Å². The van der Waals surface area contributed by atoms with Gasteiger partial charge in [-0.05, 0) is 62.2 Å². The Morgan fingerprint density at radius 1 is 1.15 bits per heavy atom. The van der Waals surface area contributed by atoms with Crippen molar-refractivity contribution in [3.05, 3.63) is 59.9 Å². The van der Waals surface area contributed by atoms with E-state index in [-0.39, 0.29) is 10.9 Å². The number of nitrogens with one attached hydrogen (secondary N) is 1. The molecule has 3 rings (SSSR count). The van der Waals surface area contributed by atoms with Crippen LogP contribution >= 0.6 is 0 Å². The van der Waals surface area contributed by atoms with E-state index in [0.717, 1.165) is 19.3 Å². The topological polar surface area (TPSA) is 66.5 Å². The summed E-state index contributed by atoms with van der Waals surface area (Å²) in [7, 11) is -3.57. The molecule has 2 aromatic rings. The summed E-state index contributed by atoms with van der Waals surface area (Å²) in [4.78, 5) is 12.4. The minimum Gasteiger partial charge on any atom is -0.322 e. The number of halogens is 1. The number of carbonyl (C=O) groups excluding carboxylic acids is 1. The Labute approximate surface area is 152 Å². The minimum atomic E-state index is -3.57. The van der Waals surface area contributed by atoms with Crippen molar-refractivity contribution in [2.45, 2.75) is 37.1 Å². The Morgan fingerprint density at radius 2 is 1.88 bits per heavy atom. The standard InChI is InChI=1S/C19H21FN2O3S/c1-14-5-2-3-12-22(14)26(24,25)18-10-8-15(9-11-18)19(23)21-17-7-4-6-16(20)13-17/h4,6-11,13-14H,2-3,5,12H2,1H3,(H,21,23). The van der Waals surface area contributed by atoms with Gasteiger partial charge in [0.25, 0.3) is 5.91 Å². The molecule has 1 unspecified atom stereocenters. The SMILES string of the molecule is CC1CCCCN1S(=O)(=O)c1ccc(C(=O)Nc2cccc(F)c2)cc1. The second-order valence-corrected chi connectivity index (χ2v) is 8.34. The van der Waals surface area contributed by atoms with Gasteiger partial charge in [-0.3, -0.25) is 4.79 Å². The normalized spacial score (nSPS) is 18.5. The van der Waals surface area contributed by atoms with Crippen LogP contribution in [0.15, 0.2) is 53.4 Å². The quantitative estimate of drug-likeness (QED) is 0.886. The molecule has 0 spiro atoms. The molecule has 0 aromatic heterocycles. The van der Waals surface area contributed by atoms with E-state index >= 15 is 0 Å². The Bertz CT molecular complexity index is 897. The second kappa shape index (κ2) is 7.55. The van der Waals surface area contributed by atoms with Gasteiger partial charge >= 0.3 is 0 Å². The maximum atomic E-state index is 13.2. The molecule has 5 nitrogen and oxygen atoms in total. The lowest BCUT2D eigenvalue weighted by atomic mass is 10.1. The Hall–Kier alpha value is -2.25. The van der Waals surface area contributed by atoms with Gasteiger partial charge in [0.15, 0.2) is 0 Å². The van der Waals surface area contributed by atoms with E-state index in [4.69, 9.17) is 0 Å². The second-order valence-electron chi connectivity index (χ2n) is 6.45. The summed E-state index contributed by atoms with van der Waals surface area (Å²) in [5, 5.41) is 2.59. The number of rotatable bonds is 4. The highest BCUT2D eigenvalue weighted by Gasteiger charge is 2.30. The average molecular weight is 376 g/mol. The van der Waals surface area contributed by atoms with E-state index < -0.39 is 21.7 Å². The largest absolute Gasteiger partial charge is 0.322 e. The fraction of sp³-hybridized carbons (Fsp3) is 0.316. The zero-order chi connectivity index (χ0) is 18.7. The number of benzene rings is 2. The summed E-state index contributed by atoms with van der Waals surface area (Å²) in [6, 6.07) is 11.4. The summed E-state index contributed by atoms with van der Waals surface area (Å²) in [5.74, 6) is -0.870. The van der Waals surface area contributed by atoms with Crippen molar-refractivity contribution in [3.63, 3.8) is 0 Å². The molecule has 1 saturated heterocycles. The zero-order valence-corrected chi connectivity index (χ0v) is 15.3. The summed E-state index contributed by atoms with van der Waals surface area (Å²) in [6.45, 7) is 2.43. The van der Waals surface area contributed by atoms with E-state index in [1.807, 2.05) is 6.92 Å². The smallest absolute Gasteiger partial charge is 0.255 e. The third-order valence-electron chi connectivity index (χ3n) is 4.55. The molecule has 138 valence electrons. The zero-order valence-electron chi connectivity index (χ0n) is 14.5. The number of nitrogens with zero attached hydrogens (tertiary/aromatic N) is 1.